The molecule has 0 aromatic rings. The first-order valence-corrected chi connectivity index (χ1v) is 6.43. The molecule has 1 aliphatic rings. The monoisotopic (exact) mass is 236 g/mol. The van der Waals surface area contributed by atoms with Crippen molar-refractivity contribution in [1.29, 1.82) is 0 Å². The maximum absolute atomic E-state index is 11.4. The molecule has 7 heteroatoms. The van der Waals surface area contributed by atoms with Gasteiger partial charge in [-0.05, 0) is 26.3 Å². The Kier molecular flexibility index (Phi) is 4.06. The second-order valence-corrected chi connectivity index (χ2v) is 5.75. The van der Waals surface area contributed by atoms with Gasteiger partial charge in [0, 0.05) is 12.6 Å². The third-order valence-electron chi connectivity index (χ3n) is 2.51. The Balaban J connectivity index is 2.45. The summed E-state index contributed by atoms with van der Waals surface area (Å²) in [6.45, 7) is 2.31. The normalized spacial score (nSPS) is 23.9. The average molecular weight is 236 g/mol. The molecule has 15 heavy (non-hydrogen) atoms. The summed E-state index contributed by atoms with van der Waals surface area (Å²) in [5.74, 6) is -1.33. The van der Waals surface area contributed by atoms with Gasteiger partial charge in [0.1, 0.15) is 0 Å². The molecule has 1 rings (SSSR count). The van der Waals surface area contributed by atoms with Gasteiger partial charge in [0.2, 0.25) is 10.0 Å². The van der Waals surface area contributed by atoms with Crippen LogP contribution in [0.25, 0.3) is 0 Å². The number of carboxylic acid groups (broad SMARTS) is 1. The zero-order valence-corrected chi connectivity index (χ0v) is 9.38. The molecular formula is C8H16N2O4S. The second kappa shape index (κ2) is 4.91. The lowest BCUT2D eigenvalue weighted by Gasteiger charge is -2.13. The Bertz CT molecular complexity index is 322. The van der Waals surface area contributed by atoms with E-state index < -0.39 is 21.2 Å². The predicted molar refractivity (Wildman–Crippen MR) is 55.0 cm³/mol. The highest BCUT2D eigenvalue weighted by Crippen LogP contribution is 2.05. The first-order valence-electron chi connectivity index (χ1n) is 4.88. The van der Waals surface area contributed by atoms with E-state index >= 15 is 0 Å². The number of carbonyl (C=O) groups is 1. The number of aliphatic carboxylic acids is 1. The third-order valence-corrected chi connectivity index (χ3v) is 4.21. The van der Waals surface area contributed by atoms with Crippen LogP contribution < -0.4 is 10.0 Å². The van der Waals surface area contributed by atoms with Gasteiger partial charge >= 0.3 is 5.97 Å². The summed E-state index contributed by atoms with van der Waals surface area (Å²) >= 11 is 0. The third kappa shape index (κ3) is 3.44. The molecule has 0 amide bonds. The van der Waals surface area contributed by atoms with E-state index in [2.05, 4.69) is 10.0 Å². The van der Waals surface area contributed by atoms with Crippen LogP contribution in [0.3, 0.4) is 0 Å². The molecule has 0 aromatic carbocycles. The molecule has 0 bridgehead atoms. The molecule has 0 radical (unpaired) electrons. The van der Waals surface area contributed by atoms with Gasteiger partial charge in [-0.25, -0.2) is 13.1 Å². The molecule has 2 atom stereocenters. The van der Waals surface area contributed by atoms with Crippen LogP contribution in [0.15, 0.2) is 0 Å². The summed E-state index contributed by atoms with van der Waals surface area (Å²) in [5.41, 5.74) is 0. The first-order chi connectivity index (χ1) is 6.93. The predicted octanol–water partition coefficient (Wildman–Crippen LogP) is -0.869. The minimum Gasteiger partial charge on any atom is -0.480 e. The Hall–Kier alpha value is -0.660. The van der Waals surface area contributed by atoms with Crippen LogP contribution in [0.2, 0.25) is 0 Å². The molecule has 0 aliphatic carbocycles. The second-order valence-electron chi connectivity index (χ2n) is 3.67. The van der Waals surface area contributed by atoms with Gasteiger partial charge in [-0.2, -0.15) is 0 Å². The smallest absolute Gasteiger partial charge is 0.323 e. The summed E-state index contributed by atoms with van der Waals surface area (Å²) in [6, 6.07) is 0.126. The van der Waals surface area contributed by atoms with E-state index in [1.54, 1.807) is 0 Å². The maximum atomic E-state index is 11.4. The van der Waals surface area contributed by atoms with E-state index in [1.165, 1.54) is 0 Å². The lowest BCUT2D eigenvalue weighted by atomic mass is 10.2. The fourth-order valence-electron chi connectivity index (χ4n) is 1.41. The van der Waals surface area contributed by atoms with Crippen LogP contribution in [0.1, 0.15) is 19.8 Å². The first kappa shape index (κ1) is 12.4. The fraction of sp³-hybridized carbons (Fsp3) is 0.875. The van der Waals surface area contributed by atoms with E-state index in [9.17, 15) is 13.2 Å². The van der Waals surface area contributed by atoms with E-state index in [-0.39, 0.29) is 12.6 Å². The Morgan fingerprint density at radius 1 is 1.67 bits per heavy atom. The van der Waals surface area contributed by atoms with Crippen LogP contribution in [0, 0.1) is 0 Å². The molecule has 1 heterocycles. The van der Waals surface area contributed by atoms with Gasteiger partial charge in [-0.3, -0.25) is 4.79 Å². The fourth-order valence-corrected chi connectivity index (χ4v) is 2.35. The molecule has 0 aromatic heterocycles. The van der Waals surface area contributed by atoms with E-state index in [1.807, 2.05) is 0 Å². The lowest BCUT2D eigenvalue weighted by molar-refractivity contribution is -0.136. The molecule has 1 saturated heterocycles. The van der Waals surface area contributed by atoms with Crippen LogP contribution >= 0.6 is 0 Å². The van der Waals surface area contributed by atoms with Crippen molar-refractivity contribution in [1.82, 2.24) is 10.0 Å². The van der Waals surface area contributed by atoms with Crippen LogP contribution in [-0.2, 0) is 14.8 Å². The molecule has 3 N–H and O–H groups in total. The maximum Gasteiger partial charge on any atom is 0.323 e. The number of sulfonamides is 1. The van der Waals surface area contributed by atoms with Crippen molar-refractivity contribution in [3.8, 4) is 0 Å². The largest absolute Gasteiger partial charge is 0.480 e. The van der Waals surface area contributed by atoms with E-state index in [0.717, 1.165) is 26.3 Å². The Labute approximate surface area is 89.1 Å². The summed E-state index contributed by atoms with van der Waals surface area (Å²) in [5, 5.41) is 10.3. The minimum absolute atomic E-state index is 0.126. The molecule has 0 spiro atoms. The van der Waals surface area contributed by atoms with Crippen molar-refractivity contribution < 1.29 is 18.3 Å². The number of rotatable bonds is 5. The molecule has 1 aliphatic heterocycles. The topological polar surface area (TPSA) is 95.5 Å². The van der Waals surface area contributed by atoms with Crippen LogP contribution in [0.5, 0.6) is 0 Å². The number of hydrogen-bond donors (Lipinski definition) is 3. The molecule has 88 valence electrons. The minimum atomic E-state index is -3.74. The quantitative estimate of drug-likeness (QED) is 0.577. The standard InChI is InChI=1S/C8H16N2O4S/c1-6(8(11)12)15(13,14)10-5-7-3-2-4-9-7/h6-7,9-10H,2-5H2,1H3,(H,11,12). The molecule has 0 saturated carbocycles. The molecular weight excluding hydrogens is 220 g/mol. The highest BCUT2D eigenvalue weighted by Gasteiger charge is 2.28. The van der Waals surface area contributed by atoms with Gasteiger partial charge in [0.05, 0.1) is 0 Å². The molecule has 1 fully saturated rings. The van der Waals surface area contributed by atoms with E-state index in [0.29, 0.717) is 0 Å². The number of nitrogens with one attached hydrogen (secondary N) is 2. The number of hydrogen-bond acceptors (Lipinski definition) is 4. The van der Waals surface area contributed by atoms with Gasteiger partial charge in [0.15, 0.2) is 5.25 Å². The summed E-state index contributed by atoms with van der Waals surface area (Å²) in [4.78, 5) is 10.5. The van der Waals surface area contributed by atoms with Gasteiger partial charge in [-0.15, -0.1) is 0 Å². The van der Waals surface area contributed by atoms with Crippen molar-refractivity contribution in [2.24, 2.45) is 0 Å². The highest BCUT2D eigenvalue weighted by atomic mass is 32.2. The lowest BCUT2D eigenvalue weighted by Crippen LogP contribution is -2.43. The van der Waals surface area contributed by atoms with Crippen LogP contribution in [0.4, 0.5) is 0 Å². The van der Waals surface area contributed by atoms with Crippen molar-refractivity contribution in [2.45, 2.75) is 31.1 Å². The highest BCUT2D eigenvalue weighted by molar-refractivity contribution is 7.90. The number of carboxylic acids is 1. The van der Waals surface area contributed by atoms with Crippen molar-refractivity contribution in [3.05, 3.63) is 0 Å². The van der Waals surface area contributed by atoms with Crippen molar-refractivity contribution in [3.63, 3.8) is 0 Å². The van der Waals surface area contributed by atoms with Crippen molar-refractivity contribution >= 4 is 16.0 Å². The van der Waals surface area contributed by atoms with Gasteiger partial charge < -0.3 is 10.4 Å². The molecule has 6 nitrogen and oxygen atoms in total. The van der Waals surface area contributed by atoms with E-state index in [4.69, 9.17) is 5.11 Å². The zero-order valence-electron chi connectivity index (χ0n) is 8.56. The van der Waals surface area contributed by atoms with Crippen molar-refractivity contribution in [2.75, 3.05) is 13.1 Å². The summed E-state index contributed by atoms with van der Waals surface area (Å²) in [7, 11) is -3.74. The van der Waals surface area contributed by atoms with Gasteiger partial charge in [-0.1, -0.05) is 0 Å². The SMILES string of the molecule is CC(C(=O)O)S(=O)(=O)NCC1CCCN1. The molecule has 2 unspecified atom stereocenters. The Morgan fingerprint density at radius 3 is 2.80 bits per heavy atom. The van der Waals surface area contributed by atoms with Gasteiger partial charge in [0.25, 0.3) is 0 Å². The van der Waals surface area contributed by atoms with Crippen LogP contribution in [-0.4, -0.2) is 43.9 Å². The average Bonchev–Trinajstić information content (AvgIpc) is 2.66. The summed E-state index contributed by atoms with van der Waals surface area (Å²) < 4.78 is 25.1. The summed E-state index contributed by atoms with van der Waals surface area (Å²) in [6.07, 6.45) is 1.95. The zero-order chi connectivity index (χ0) is 11.5. The Morgan fingerprint density at radius 2 is 2.33 bits per heavy atom.